The standard InChI is InChI=1S/C9H8ClO2S/c1-2-13(11,12)7-8-3-5-9(10)6-4-8/h1-6H,7H2. The summed E-state index contributed by atoms with van der Waals surface area (Å²) in [5.41, 5.74) is 0.672. The number of rotatable bonds is 3. The molecule has 1 aromatic carbocycles. The lowest BCUT2D eigenvalue weighted by Crippen LogP contribution is -1.98. The molecule has 1 radical (unpaired) electrons. The van der Waals surface area contributed by atoms with Crippen LogP contribution in [0.2, 0.25) is 5.02 Å². The highest BCUT2D eigenvalue weighted by Gasteiger charge is 2.05. The van der Waals surface area contributed by atoms with Gasteiger partial charge in [-0.1, -0.05) is 30.3 Å². The summed E-state index contributed by atoms with van der Waals surface area (Å²) in [6, 6.07) is 6.60. The van der Waals surface area contributed by atoms with E-state index in [1.54, 1.807) is 24.3 Å². The third-order valence-corrected chi connectivity index (χ3v) is 2.89. The Morgan fingerprint density at radius 3 is 2.31 bits per heavy atom. The van der Waals surface area contributed by atoms with Gasteiger partial charge in [-0.3, -0.25) is 0 Å². The summed E-state index contributed by atoms with van der Waals surface area (Å²) in [4.78, 5) is 0. The summed E-state index contributed by atoms with van der Waals surface area (Å²) in [6.07, 6.45) is 0. The molecule has 0 aliphatic heterocycles. The minimum Gasteiger partial charge on any atom is -0.224 e. The van der Waals surface area contributed by atoms with Gasteiger partial charge >= 0.3 is 0 Å². The molecule has 0 heterocycles. The zero-order chi connectivity index (χ0) is 9.90. The average Bonchev–Trinajstić information content (AvgIpc) is 2.09. The summed E-state index contributed by atoms with van der Waals surface area (Å²) in [5.74, 6) is -0.0827. The molecule has 2 nitrogen and oxygen atoms in total. The van der Waals surface area contributed by atoms with Crippen molar-refractivity contribution in [2.24, 2.45) is 0 Å². The lowest BCUT2D eigenvalue weighted by Gasteiger charge is -1.98. The van der Waals surface area contributed by atoms with Gasteiger partial charge in [-0.2, -0.15) is 0 Å². The van der Waals surface area contributed by atoms with E-state index < -0.39 is 9.84 Å². The number of halogens is 1. The number of sulfone groups is 1. The van der Waals surface area contributed by atoms with Crippen LogP contribution >= 0.6 is 11.6 Å². The molecule has 0 unspecified atom stereocenters. The van der Waals surface area contributed by atoms with Gasteiger partial charge in [0.15, 0.2) is 9.84 Å². The second-order valence-electron chi connectivity index (χ2n) is 2.57. The first kappa shape index (κ1) is 10.3. The molecule has 0 amide bonds. The van der Waals surface area contributed by atoms with E-state index in [0.29, 0.717) is 16.0 Å². The Hall–Kier alpha value is -0.800. The van der Waals surface area contributed by atoms with E-state index in [0.717, 1.165) is 0 Å². The second-order valence-corrected chi connectivity index (χ2v) is 4.89. The number of hydrogen-bond donors (Lipinski definition) is 0. The Morgan fingerprint density at radius 1 is 1.31 bits per heavy atom. The predicted octanol–water partition coefficient (Wildman–Crippen LogP) is 2.20. The zero-order valence-electron chi connectivity index (χ0n) is 6.77. The van der Waals surface area contributed by atoms with E-state index in [4.69, 9.17) is 18.2 Å². The Labute approximate surface area is 82.8 Å². The molecule has 0 aliphatic carbocycles. The fourth-order valence-corrected chi connectivity index (χ4v) is 1.74. The van der Waals surface area contributed by atoms with Gasteiger partial charge in [-0.15, -0.1) is 0 Å². The van der Waals surface area contributed by atoms with Crippen molar-refractivity contribution in [2.75, 3.05) is 0 Å². The Balaban J connectivity index is 2.88. The fraction of sp³-hybridized carbons (Fsp3) is 0.111. The maximum atomic E-state index is 11.0. The molecular formula is C9H8ClO2S. The van der Waals surface area contributed by atoms with Crippen molar-refractivity contribution in [2.45, 2.75) is 5.75 Å². The summed E-state index contributed by atoms with van der Waals surface area (Å²) >= 11 is 5.63. The highest BCUT2D eigenvalue weighted by Crippen LogP contribution is 2.12. The highest BCUT2D eigenvalue weighted by molar-refractivity contribution is 7.93. The summed E-state index contributed by atoms with van der Waals surface area (Å²) in [6.45, 7) is 4.95. The van der Waals surface area contributed by atoms with E-state index in [-0.39, 0.29) is 5.75 Å². The first-order valence-corrected chi connectivity index (χ1v) is 5.65. The maximum Gasteiger partial charge on any atom is 0.175 e. The van der Waals surface area contributed by atoms with Crippen molar-refractivity contribution in [3.63, 3.8) is 0 Å². The van der Waals surface area contributed by atoms with Crippen LogP contribution < -0.4 is 0 Å². The molecule has 1 rings (SSSR count). The molecule has 0 aromatic heterocycles. The van der Waals surface area contributed by atoms with Crippen LogP contribution in [0.15, 0.2) is 29.7 Å². The SMILES string of the molecule is [CH]=CS(=O)(=O)Cc1ccc(Cl)cc1. The van der Waals surface area contributed by atoms with Gasteiger partial charge in [0, 0.05) is 10.4 Å². The van der Waals surface area contributed by atoms with Gasteiger partial charge < -0.3 is 0 Å². The monoisotopic (exact) mass is 215 g/mol. The predicted molar refractivity (Wildman–Crippen MR) is 52.9 cm³/mol. The molecule has 0 fully saturated rings. The van der Waals surface area contributed by atoms with Gasteiger partial charge in [0.25, 0.3) is 0 Å². The third-order valence-electron chi connectivity index (χ3n) is 1.49. The molecule has 0 bridgehead atoms. The topological polar surface area (TPSA) is 34.1 Å². The molecule has 13 heavy (non-hydrogen) atoms. The molecule has 0 atom stereocenters. The largest absolute Gasteiger partial charge is 0.224 e. The Bertz CT molecular complexity index is 392. The van der Waals surface area contributed by atoms with E-state index in [2.05, 4.69) is 0 Å². The quantitative estimate of drug-likeness (QED) is 0.775. The van der Waals surface area contributed by atoms with Crippen LogP contribution in [0.5, 0.6) is 0 Å². The lowest BCUT2D eigenvalue weighted by molar-refractivity contribution is 0.604. The average molecular weight is 216 g/mol. The lowest BCUT2D eigenvalue weighted by atomic mass is 10.2. The molecule has 69 valence electrons. The molecular weight excluding hydrogens is 208 g/mol. The molecule has 0 N–H and O–H groups in total. The number of hydrogen-bond acceptors (Lipinski definition) is 2. The van der Waals surface area contributed by atoms with Gasteiger partial charge in [0.1, 0.15) is 0 Å². The van der Waals surface area contributed by atoms with Crippen LogP contribution in [-0.2, 0) is 15.6 Å². The maximum absolute atomic E-state index is 11.0. The molecule has 0 aliphatic rings. The zero-order valence-corrected chi connectivity index (χ0v) is 8.35. The van der Waals surface area contributed by atoms with E-state index in [1.165, 1.54) is 0 Å². The molecule has 0 saturated carbocycles. The van der Waals surface area contributed by atoms with Gasteiger partial charge in [0.05, 0.1) is 5.75 Å². The Morgan fingerprint density at radius 2 is 1.85 bits per heavy atom. The molecule has 1 aromatic rings. The van der Waals surface area contributed by atoms with Crippen LogP contribution in [0.25, 0.3) is 0 Å². The molecule has 4 heteroatoms. The minimum absolute atomic E-state index is 0.0827. The van der Waals surface area contributed by atoms with Crippen molar-refractivity contribution >= 4 is 21.4 Å². The first-order valence-electron chi connectivity index (χ1n) is 3.55. The van der Waals surface area contributed by atoms with Crippen molar-refractivity contribution in [1.82, 2.24) is 0 Å². The molecule has 0 spiro atoms. The van der Waals surface area contributed by atoms with Gasteiger partial charge in [-0.25, -0.2) is 8.42 Å². The normalized spacial score (nSPS) is 11.2. The van der Waals surface area contributed by atoms with Crippen LogP contribution in [0.4, 0.5) is 0 Å². The van der Waals surface area contributed by atoms with Crippen molar-refractivity contribution in [3.8, 4) is 0 Å². The Kier molecular flexibility index (Phi) is 3.12. The smallest absolute Gasteiger partial charge is 0.175 e. The van der Waals surface area contributed by atoms with E-state index >= 15 is 0 Å². The first-order chi connectivity index (χ1) is 6.03. The van der Waals surface area contributed by atoms with Crippen LogP contribution in [0.1, 0.15) is 5.56 Å². The van der Waals surface area contributed by atoms with Gasteiger partial charge in [0.2, 0.25) is 0 Å². The van der Waals surface area contributed by atoms with Crippen LogP contribution in [0, 0.1) is 6.58 Å². The van der Waals surface area contributed by atoms with Crippen LogP contribution in [-0.4, -0.2) is 8.42 Å². The number of benzene rings is 1. The second kappa shape index (κ2) is 3.94. The minimum atomic E-state index is -3.28. The molecule has 0 saturated heterocycles. The third kappa shape index (κ3) is 3.20. The van der Waals surface area contributed by atoms with Gasteiger partial charge in [-0.05, 0) is 17.7 Å². The van der Waals surface area contributed by atoms with Crippen molar-refractivity contribution in [1.29, 1.82) is 0 Å². The van der Waals surface area contributed by atoms with Crippen molar-refractivity contribution in [3.05, 3.63) is 46.8 Å². The van der Waals surface area contributed by atoms with Crippen LogP contribution in [0.3, 0.4) is 0 Å². The van der Waals surface area contributed by atoms with Crippen molar-refractivity contribution < 1.29 is 8.42 Å². The summed E-state index contributed by atoms with van der Waals surface area (Å²) in [7, 11) is -3.28. The highest BCUT2D eigenvalue weighted by atomic mass is 35.5. The summed E-state index contributed by atoms with van der Waals surface area (Å²) < 4.78 is 22.1. The fourth-order valence-electron chi connectivity index (χ4n) is 0.861. The summed E-state index contributed by atoms with van der Waals surface area (Å²) in [5, 5.41) is 1.29. The van der Waals surface area contributed by atoms with E-state index in [9.17, 15) is 8.42 Å². The van der Waals surface area contributed by atoms with E-state index in [1.807, 2.05) is 0 Å².